The standard InChI is InChI=1S/C6H5NO.H2/c1-5-2-6(4-8)7-3-5;/h2-4H,1H2;1H. The molecule has 2 nitrogen and oxygen atoms in total. The summed E-state index contributed by atoms with van der Waals surface area (Å²) in [5, 5.41) is 0. The summed E-state index contributed by atoms with van der Waals surface area (Å²) in [5.74, 6) is 0. The summed E-state index contributed by atoms with van der Waals surface area (Å²) in [4.78, 5) is 13.6. The van der Waals surface area contributed by atoms with Crippen molar-refractivity contribution < 1.29 is 6.22 Å². The van der Waals surface area contributed by atoms with Crippen LogP contribution in [-0.2, 0) is 4.79 Å². The van der Waals surface area contributed by atoms with Crippen molar-refractivity contribution in [2.75, 3.05) is 0 Å². The molecule has 0 aromatic heterocycles. The molecule has 1 rings (SSSR count). The van der Waals surface area contributed by atoms with Gasteiger partial charge in [-0.15, -0.1) is 0 Å². The Morgan fingerprint density at radius 3 is 2.88 bits per heavy atom. The van der Waals surface area contributed by atoms with E-state index < -0.39 is 0 Å². The van der Waals surface area contributed by atoms with E-state index in [2.05, 4.69) is 11.6 Å². The number of carbonyl (C=O) groups is 1. The molecule has 0 atom stereocenters. The Morgan fingerprint density at radius 2 is 2.62 bits per heavy atom. The second kappa shape index (κ2) is 1.74. The summed E-state index contributed by atoms with van der Waals surface area (Å²) >= 11 is 0. The van der Waals surface area contributed by atoms with Gasteiger partial charge in [-0.2, -0.15) is 0 Å². The molecule has 0 N–H and O–H groups in total. The first-order chi connectivity index (χ1) is 3.83. The molecule has 0 amide bonds. The monoisotopic (exact) mass is 109 g/mol. The lowest BCUT2D eigenvalue weighted by Crippen LogP contribution is -1.70. The van der Waals surface area contributed by atoms with Crippen molar-refractivity contribution >= 4 is 12.5 Å². The molecule has 0 aliphatic carbocycles. The lowest BCUT2D eigenvalue weighted by molar-refractivity contribution is -0.104. The van der Waals surface area contributed by atoms with Gasteiger partial charge in [-0.3, -0.25) is 9.79 Å². The molecule has 0 saturated heterocycles. The smallest absolute Gasteiger partial charge is 0.168 e. The highest BCUT2D eigenvalue weighted by atomic mass is 16.1. The van der Waals surface area contributed by atoms with E-state index >= 15 is 0 Å². The SMILES string of the molecule is C=C1C=NC(C=O)=C1.[HH]. The maximum atomic E-state index is 9.93. The number of aliphatic imine (C=N–C) groups is 1. The van der Waals surface area contributed by atoms with Crippen molar-refractivity contribution in [1.82, 2.24) is 0 Å². The van der Waals surface area contributed by atoms with Gasteiger partial charge < -0.3 is 0 Å². The van der Waals surface area contributed by atoms with Gasteiger partial charge in [0, 0.05) is 7.64 Å². The van der Waals surface area contributed by atoms with Crippen LogP contribution in [0.4, 0.5) is 0 Å². The van der Waals surface area contributed by atoms with E-state index in [1.165, 1.54) is 0 Å². The second-order valence-corrected chi connectivity index (χ2v) is 1.52. The minimum atomic E-state index is 0. The van der Waals surface area contributed by atoms with Crippen molar-refractivity contribution in [3.05, 3.63) is 23.9 Å². The first kappa shape index (κ1) is 4.97. The molecular weight excluding hydrogens is 102 g/mol. The van der Waals surface area contributed by atoms with Gasteiger partial charge in [0.2, 0.25) is 0 Å². The Hall–Kier alpha value is -1.18. The van der Waals surface area contributed by atoms with Crippen LogP contribution in [-0.4, -0.2) is 12.5 Å². The van der Waals surface area contributed by atoms with Crippen molar-refractivity contribution in [3.63, 3.8) is 0 Å². The lowest BCUT2D eigenvalue weighted by atomic mass is 10.3. The Bertz CT molecular complexity index is 193. The van der Waals surface area contributed by atoms with Gasteiger partial charge in [0.15, 0.2) is 6.29 Å². The average Bonchev–Trinajstić information content (AvgIpc) is 2.14. The second-order valence-electron chi connectivity index (χ2n) is 1.52. The van der Waals surface area contributed by atoms with Crippen LogP contribution >= 0.6 is 0 Å². The summed E-state index contributed by atoms with van der Waals surface area (Å²) in [7, 11) is 0. The maximum absolute atomic E-state index is 9.93. The molecule has 8 heavy (non-hydrogen) atoms. The Kier molecular flexibility index (Phi) is 1.08. The van der Waals surface area contributed by atoms with Crippen LogP contribution in [0.25, 0.3) is 0 Å². The fourth-order valence-electron chi connectivity index (χ4n) is 0.486. The summed E-state index contributed by atoms with van der Waals surface area (Å²) < 4.78 is 0. The molecule has 1 aliphatic rings. The zero-order chi connectivity index (χ0) is 5.98. The number of hydrogen-bond acceptors (Lipinski definition) is 2. The molecule has 1 aliphatic heterocycles. The van der Waals surface area contributed by atoms with E-state index in [1.807, 2.05) is 0 Å². The van der Waals surface area contributed by atoms with Gasteiger partial charge in [0.1, 0.15) is 5.70 Å². The van der Waals surface area contributed by atoms with E-state index in [-0.39, 0.29) is 1.43 Å². The van der Waals surface area contributed by atoms with Crippen molar-refractivity contribution in [1.29, 1.82) is 0 Å². The van der Waals surface area contributed by atoms with Crippen molar-refractivity contribution in [2.24, 2.45) is 4.99 Å². The van der Waals surface area contributed by atoms with Crippen molar-refractivity contribution in [3.8, 4) is 0 Å². The van der Waals surface area contributed by atoms with Crippen LogP contribution in [0.3, 0.4) is 0 Å². The molecule has 0 bridgehead atoms. The van der Waals surface area contributed by atoms with E-state index in [0.29, 0.717) is 12.0 Å². The molecule has 1 heterocycles. The zero-order valence-electron chi connectivity index (χ0n) is 4.29. The number of aldehydes is 1. The predicted octanol–water partition coefficient (Wildman–Crippen LogP) is 0.956. The Morgan fingerprint density at radius 1 is 1.88 bits per heavy atom. The van der Waals surface area contributed by atoms with Crippen LogP contribution in [0.1, 0.15) is 1.43 Å². The molecule has 0 radical (unpaired) electrons. The van der Waals surface area contributed by atoms with Gasteiger partial charge in [-0.25, -0.2) is 0 Å². The molecule has 42 valence electrons. The molecule has 2 heteroatoms. The average molecular weight is 109 g/mol. The summed E-state index contributed by atoms with van der Waals surface area (Å²) in [6, 6.07) is 0. The quantitative estimate of drug-likeness (QED) is 0.461. The topological polar surface area (TPSA) is 29.4 Å². The summed E-state index contributed by atoms with van der Waals surface area (Å²) in [5.41, 5.74) is 1.24. The normalized spacial score (nSPS) is 16.5. The van der Waals surface area contributed by atoms with Crippen LogP contribution in [0, 0.1) is 0 Å². The number of nitrogens with zero attached hydrogens (tertiary/aromatic N) is 1. The summed E-state index contributed by atoms with van der Waals surface area (Å²) in [6.07, 6.45) is 3.89. The number of hydrogen-bond donors (Lipinski definition) is 0. The molecule has 0 saturated carbocycles. The van der Waals surface area contributed by atoms with Crippen LogP contribution in [0.2, 0.25) is 0 Å². The molecule has 0 fully saturated rings. The van der Waals surface area contributed by atoms with Gasteiger partial charge in [-0.1, -0.05) is 6.58 Å². The molecule has 0 spiro atoms. The van der Waals surface area contributed by atoms with E-state index in [0.717, 1.165) is 5.57 Å². The Labute approximate surface area is 48.7 Å². The van der Waals surface area contributed by atoms with Gasteiger partial charge >= 0.3 is 0 Å². The number of rotatable bonds is 1. The first-order valence-electron chi connectivity index (χ1n) is 2.23. The fourth-order valence-corrected chi connectivity index (χ4v) is 0.486. The van der Waals surface area contributed by atoms with Gasteiger partial charge in [-0.05, 0) is 11.6 Å². The highest BCUT2D eigenvalue weighted by Crippen LogP contribution is 2.04. The maximum Gasteiger partial charge on any atom is 0.168 e. The van der Waals surface area contributed by atoms with E-state index in [9.17, 15) is 4.79 Å². The van der Waals surface area contributed by atoms with Gasteiger partial charge in [0.25, 0.3) is 0 Å². The first-order valence-corrected chi connectivity index (χ1v) is 2.23. The predicted molar refractivity (Wildman–Crippen MR) is 33.9 cm³/mol. The third-order valence-electron chi connectivity index (χ3n) is 0.833. The van der Waals surface area contributed by atoms with Crippen LogP contribution in [0.5, 0.6) is 0 Å². The van der Waals surface area contributed by atoms with Crippen LogP contribution < -0.4 is 0 Å². The third kappa shape index (κ3) is 0.729. The van der Waals surface area contributed by atoms with Crippen LogP contribution in [0.15, 0.2) is 28.9 Å². The minimum Gasteiger partial charge on any atom is -0.296 e. The van der Waals surface area contributed by atoms with Crippen molar-refractivity contribution in [2.45, 2.75) is 0 Å². The molecular formula is C6H7NO. The number of carbonyl (C=O) groups excluding carboxylic acids is 1. The minimum absolute atomic E-state index is 0. The highest BCUT2D eigenvalue weighted by Gasteiger charge is 1.97. The fraction of sp³-hybridized carbons (Fsp3) is 0. The van der Waals surface area contributed by atoms with E-state index in [4.69, 9.17) is 0 Å². The lowest BCUT2D eigenvalue weighted by Gasteiger charge is -1.73. The third-order valence-corrected chi connectivity index (χ3v) is 0.833. The number of allylic oxidation sites excluding steroid dienone is 3. The summed E-state index contributed by atoms with van der Waals surface area (Å²) in [6.45, 7) is 3.57. The highest BCUT2D eigenvalue weighted by molar-refractivity contribution is 5.92. The van der Waals surface area contributed by atoms with Gasteiger partial charge in [0.05, 0.1) is 0 Å². The molecule has 0 aromatic rings. The Balaban J connectivity index is 0.000000640. The zero-order valence-corrected chi connectivity index (χ0v) is 4.29. The molecule has 0 aromatic carbocycles. The van der Waals surface area contributed by atoms with E-state index in [1.54, 1.807) is 12.3 Å². The molecule has 0 unspecified atom stereocenters. The largest absolute Gasteiger partial charge is 0.296 e.